The number of aliphatic hydroxyl groups excluding tert-OH is 1. The number of aliphatic hydroxyl groups is 1. The molecule has 1 atom stereocenters. The van der Waals surface area contributed by atoms with Gasteiger partial charge >= 0.3 is 0 Å². The van der Waals surface area contributed by atoms with Crippen LogP contribution in [0, 0.1) is 5.41 Å². The second-order valence-electron chi connectivity index (χ2n) is 5.77. The van der Waals surface area contributed by atoms with Crippen molar-refractivity contribution >= 4 is 11.6 Å². The van der Waals surface area contributed by atoms with Gasteiger partial charge in [0.1, 0.15) is 5.75 Å². The zero-order valence-electron chi connectivity index (χ0n) is 11.1. The van der Waals surface area contributed by atoms with Gasteiger partial charge in [0.15, 0.2) is 6.10 Å². The van der Waals surface area contributed by atoms with Crippen molar-refractivity contribution in [3.63, 3.8) is 0 Å². The molecule has 3 rings (SSSR count). The first-order valence-corrected chi connectivity index (χ1v) is 6.83. The summed E-state index contributed by atoms with van der Waals surface area (Å²) < 4.78 is 5.53. The number of ether oxygens (including phenoxy) is 1. The first-order chi connectivity index (χ1) is 9.12. The van der Waals surface area contributed by atoms with Gasteiger partial charge in [0.05, 0.1) is 5.69 Å². The molecule has 102 valence electrons. The van der Waals surface area contributed by atoms with Gasteiger partial charge in [0, 0.05) is 6.61 Å². The Morgan fingerprint density at radius 2 is 2.26 bits per heavy atom. The molecule has 1 aromatic carbocycles. The van der Waals surface area contributed by atoms with Crippen LogP contribution in [0.2, 0.25) is 0 Å². The molecular weight excluding hydrogens is 242 g/mol. The summed E-state index contributed by atoms with van der Waals surface area (Å²) in [7, 11) is 0. The Hall–Kier alpha value is -1.55. The summed E-state index contributed by atoms with van der Waals surface area (Å²) in [5, 5.41) is 12.4. The number of nitrogens with one attached hydrogen (secondary N) is 1. The van der Waals surface area contributed by atoms with Crippen LogP contribution < -0.4 is 10.1 Å². The summed E-state index contributed by atoms with van der Waals surface area (Å²) in [5.74, 6) is 0.618. The van der Waals surface area contributed by atoms with Crippen LogP contribution in [-0.2, 0) is 11.2 Å². The van der Waals surface area contributed by atoms with Crippen LogP contribution in [0.3, 0.4) is 0 Å². The SMILES string of the molecule is CC1Oc2ccc(CC3(CO)CCC3)cc2NC1=O. The molecule has 0 aromatic heterocycles. The summed E-state index contributed by atoms with van der Waals surface area (Å²) in [6, 6.07) is 5.90. The molecule has 0 radical (unpaired) electrons. The standard InChI is InChI=1S/C15H19NO3/c1-10-14(18)16-12-7-11(3-4-13(12)19-10)8-15(9-17)5-2-6-15/h3-4,7,10,17H,2,5-6,8-9H2,1H3,(H,16,18). The minimum Gasteiger partial charge on any atom is -0.479 e. The number of carbonyl (C=O) groups is 1. The van der Waals surface area contributed by atoms with Gasteiger partial charge < -0.3 is 15.2 Å². The molecule has 1 amide bonds. The second kappa shape index (κ2) is 4.53. The van der Waals surface area contributed by atoms with E-state index in [0.29, 0.717) is 0 Å². The van der Waals surface area contributed by atoms with Gasteiger partial charge in [-0.15, -0.1) is 0 Å². The molecule has 4 heteroatoms. The predicted molar refractivity (Wildman–Crippen MR) is 72.2 cm³/mol. The Morgan fingerprint density at radius 1 is 1.47 bits per heavy atom. The number of carbonyl (C=O) groups excluding carboxylic acids is 1. The fourth-order valence-corrected chi connectivity index (χ4v) is 2.87. The van der Waals surface area contributed by atoms with Gasteiger partial charge in [-0.1, -0.05) is 12.5 Å². The molecule has 1 unspecified atom stereocenters. The maximum atomic E-state index is 11.6. The Bertz CT molecular complexity index is 503. The zero-order chi connectivity index (χ0) is 13.5. The highest BCUT2D eigenvalue weighted by molar-refractivity contribution is 5.97. The molecule has 19 heavy (non-hydrogen) atoms. The number of benzene rings is 1. The molecule has 0 saturated heterocycles. The molecule has 1 heterocycles. The molecule has 4 nitrogen and oxygen atoms in total. The highest BCUT2D eigenvalue weighted by Crippen LogP contribution is 2.44. The van der Waals surface area contributed by atoms with Gasteiger partial charge in [-0.25, -0.2) is 0 Å². The summed E-state index contributed by atoms with van der Waals surface area (Å²) in [6.07, 6.45) is 3.79. The highest BCUT2D eigenvalue weighted by Gasteiger charge is 2.36. The van der Waals surface area contributed by atoms with E-state index in [1.165, 1.54) is 6.42 Å². The Balaban J connectivity index is 1.82. The molecule has 1 aromatic rings. The van der Waals surface area contributed by atoms with Crippen LogP contribution in [0.1, 0.15) is 31.7 Å². The number of hydrogen-bond donors (Lipinski definition) is 2. The van der Waals surface area contributed by atoms with Crippen LogP contribution in [0.5, 0.6) is 5.75 Å². The third kappa shape index (κ3) is 2.21. The number of hydrogen-bond acceptors (Lipinski definition) is 3. The van der Waals surface area contributed by atoms with Gasteiger partial charge in [0.25, 0.3) is 5.91 Å². The van der Waals surface area contributed by atoms with Gasteiger partial charge in [0.2, 0.25) is 0 Å². The topological polar surface area (TPSA) is 58.6 Å². The molecule has 0 bridgehead atoms. The van der Waals surface area contributed by atoms with E-state index in [2.05, 4.69) is 5.32 Å². The second-order valence-corrected chi connectivity index (χ2v) is 5.77. The maximum absolute atomic E-state index is 11.6. The number of anilines is 1. The smallest absolute Gasteiger partial charge is 0.265 e. The monoisotopic (exact) mass is 261 g/mol. The van der Waals surface area contributed by atoms with Crippen molar-refractivity contribution in [3.8, 4) is 5.75 Å². The average molecular weight is 261 g/mol. The van der Waals surface area contributed by atoms with Crippen LogP contribution >= 0.6 is 0 Å². The molecule has 1 fully saturated rings. The minimum atomic E-state index is -0.436. The largest absolute Gasteiger partial charge is 0.479 e. The number of amides is 1. The minimum absolute atomic E-state index is 0.0566. The summed E-state index contributed by atoms with van der Waals surface area (Å²) in [6.45, 7) is 1.98. The van der Waals surface area contributed by atoms with Crippen molar-refractivity contribution < 1.29 is 14.6 Å². The van der Waals surface area contributed by atoms with Crippen LogP contribution in [0.4, 0.5) is 5.69 Å². The Labute approximate surface area is 112 Å². The van der Waals surface area contributed by atoms with E-state index in [-0.39, 0.29) is 17.9 Å². The summed E-state index contributed by atoms with van der Waals surface area (Å²) in [4.78, 5) is 11.6. The fraction of sp³-hybridized carbons (Fsp3) is 0.533. The van der Waals surface area contributed by atoms with Crippen LogP contribution in [0.15, 0.2) is 18.2 Å². The van der Waals surface area contributed by atoms with Crippen molar-refractivity contribution in [2.24, 2.45) is 5.41 Å². The molecule has 2 aliphatic rings. The van der Waals surface area contributed by atoms with Crippen molar-refractivity contribution in [2.45, 2.75) is 38.7 Å². The van der Waals surface area contributed by atoms with Crippen molar-refractivity contribution in [1.82, 2.24) is 0 Å². The Kier molecular flexibility index (Phi) is 2.97. The number of rotatable bonds is 3. The molecule has 2 N–H and O–H groups in total. The van der Waals surface area contributed by atoms with Gasteiger partial charge in [-0.2, -0.15) is 0 Å². The van der Waals surface area contributed by atoms with E-state index in [1.807, 2.05) is 18.2 Å². The highest BCUT2D eigenvalue weighted by atomic mass is 16.5. The quantitative estimate of drug-likeness (QED) is 0.876. The first kappa shape index (κ1) is 12.5. The van der Waals surface area contributed by atoms with E-state index < -0.39 is 6.10 Å². The van der Waals surface area contributed by atoms with E-state index in [4.69, 9.17) is 4.74 Å². The lowest BCUT2D eigenvalue weighted by molar-refractivity contribution is -0.122. The third-order valence-electron chi connectivity index (χ3n) is 4.30. The number of fused-ring (bicyclic) bond motifs is 1. The van der Waals surface area contributed by atoms with Crippen molar-refractivity contribution in [2.75, 3.05) is 11.9 Å². The summed E-state index contributed by atoms with van der Waals surface area (Å²) >= 11 is 0. The molecular formula is C15H19NO3. The average Bonchev–Trinajstić information content (AvgIpc) is 2.35. The molecule has 0 spiro atoms. The van der Waals surface area contributed by atoms with Gasteiger partial charge in [-0.3, -0.25) is 4.79 Å². The van der Waals surface area contributed by atoms with E-state index in [1.54, 1.807) is 6.92 Å². The lowest BCUT2D eigenvalue weighted by Crippen LogP contribution is -2.36. The lowest BCUT2D eigenvalue weighted by Gasteiger charge is -2.40. The molecule has 1 saturated carbocycles. The van der Waals surface area contributed by atoms with E-state index in [9.17, 15) is 9.90 Å². The molecule has 1 aliphatic carbocycles. The van der Waals surface area contributed by atoms with Crippen molar-refractivity contribution in [1.29, 1.82) is 0 Å². The lowest BCUT2D eigenvalue weighted by atomic mass is 9.66. The fourth-order valence-electron chi connectivity index (χ4n) is 2.87. The molecule has 1 aliphatic heterocycles. The van der Waals surface area contributed by atoms with Crippen molar-refractivity contribution in [3.05, 3.63) is 23.8 Å². The van der Waals surface area contributed by atoms with E-state index in [0.717, 1.165) is 36.3 Å². The predicted octanol–water partition coefficient (Wildman–Crippen LogP) is 2.11. The van der Waals surface area contributed by atoms with Crippen LogP contribution in [0.25, 0.3) is 0 Å². The normalized spacial score (nSPS) is 23.9. The third-order valence-corrected chi connectivity index (χ3v) is 4.30. The zero-order valence-corrected chi connectivity index (χ0v) is 11.1. The van der Waals surface area contributed by atoms with Gasteiger partial charge in [-0.05, 0) is 49.3 Å². The Morgan fingerprint density at radius 3 is 2.89 bits per heavy atom. The van der Waals surface area contributed by atoms with Crippen LogP contribution in [-0.4, -0.2) is 23.7 Å². The first-order valence-electron chi connectivity index (χ1n) is 6.83. The maximum Gasteiger partial charge on any atom is 0.265 e. The summed E-state index contributed by atoms with van der Waals surface area (Å²) in [5.41, 5.74) is 1.94. The van der Waals surface area contributed by atoms with E-state index >= 15 is 0 Å².